The van der Waals surface area contributed by atoms with Gasteiger partial charge < -0.3 is 9.53 Å². The summed E-state index contributed by atoms with van der Waals surface area (Å²) in [5, 5.41) is 8.36. The van der Waals surface area contributed by atoms with E-state index < -0.39 is 5.41 Å². The molecule has 3 aromatic rings. The zero-order chi connectivity index (χ0) is 19.3. The lowest BCUT2D eigenvalue weighted by molar-refractivity contribution is -0.110. The van der Waals surface area contributed by atoms with Crippen LogP contribution < -0.4 is 0 Å². The van der Waals surface area contributed by atoms with Crippen LogP contribution in [0.1, 0.15) is 33.9 Å². The zero-order valence-corrected chi connectivity index (χ0v) is 15.4. The first-order valence-corrected chi connectivity index (χ1v) is 9.18. The van der Waals surface area contributed by atoms with Crippen molar-refractivity contribution < 1.29 is 13.9 Å². The number of allylic oxidation sites excluding steroid dienone is 2. The molecule has 28 heavy (non-hydrogen) atoms. The predicted molar refractivity (Wildman–Crippen MR) is 101 cm³/mol. The van der Waals surface area contributed by atoms with E-state index in [9.17, 15) is 9.18 Å². The fourth-order valence-corrected chi connectivity index (χ4v) is 4.36. The minimum Gasteiger partial charge on any atom is -0.369 e. The van der Waals surface area contributed by atoms with Crippen molar-refractivity contribution in [2.75, 3.05) is 0 Å². The Kier molecular flexibility index (Phi) is 3.77. The quantitative estimate of drug-likeness (QED) is 0.509. The van der Waals surface area contributed by atoms with Gasteiger partial charge in [-0.25, -0.2) is 4.39 Å². The van der Waals surface area contributed by atoms with Gasteiger partial charge in [-0.05, 0) is 48.2 Å². The predicted octanol–water partition coefficient (Wildman–Crippen LogP) is 3.34. The number of nitrogens with zero attached hydrogens (tertiary/aromatic N) is 3. The molecule has 1 aliphatic heterocycles. The van der Waals surface area contributed by atoms with Crippen molar-refractivity contribution >= 4 is 6.29 Å². The van der Waals surface area contributed by atoms with Crippen LogP contribution in [-0.2, 0) is 34.6 Å². The molecule has 5 nitrogen and oxygen atoms in total. The van der Waals surface area contributed by atoms with Gasteiger partial charge in [-0.15, -0.1) is 10.2 Å². The van der Waals surface area contributed by atoms with Crippen LogP contribution in [0.5, 0.6) is 0 Å². The summed E-state index contributed by atoms with van der Waals surface area (Å²) in [5.74, 6) is 1.12. The van der Waals surface area contributed by atoms with E-state index in [1.807, 2.05) is 41.8 Å². The number of hydrogen-bond acceptors (Lipinski definition) is 4. The Bertz CT molecular complexity index is 1130. The first-order valence-electron chi connectivity index (χ1n) is 9.18. The number of aldehydes is 1. The molecule has 0 amide bonds. The summed E-state index contributed by atoms with van der Waals surface area (Å²) in [5.41, 5.74) is 3.15. The summed E-state index contributed by atoms with van der Waals surface area (Å²) in [6, 6.07) is 10.5. The van der Waals surface area contributed by atoms with Crippen LogP contribution in [0.2, 0.25) is 0 Å². The molecule has 0 N–H and O–H groups in total. The number of benzene rings is 2. The van der Waals surface area contributed by atoms with Gasteiger partial charge in [-0.1, -0.05) is 30.4 Å². The summed E-state index contributed by atoms with van der Waals surface area (Å²) in [7, 11) is 0. The van der Waals surface area contributed by atoms with Crippen molar-refractivity contribution in [3.05, 3.63) is 88.3 Å². The minimum absolute atomic E-state index is 0.336. The summed E-state index contributed by atoms with van der Waals surface area (Å²) in [6.45, 7) is 2.56. The molecular weight excluding hydrogens is 357 g/mol. The van der Waals surface area contributed by atoms with Gasteiger partial charge in [0, 0.05) is 5.56 Å². The van der Waals surface area contributed by atoms with Gasteiger partial charge in [-0.3, -0.25) is 4.57 Å². The molecule has 6 heteroatoms. The van der Waals surface area contributed by atoms with E-state index in [0.717, 1.165) is 40.3 Å². The van der Waals surface area contributed by atoms with Gasteiger partial charge in [0.1, 0.15) is 24.5 Å². The number of aryl methyl sites for hydroxylation is 1. The number of carbonyl (C=O) groups is 1. The van der Waals surface area contributed by atoms with E-state index in [1.165, 1.54) is 12.1 Å². The zero-order valence-electron chi connectivity index (χ0n) is 15.4. The maximum Gasteiger partial charge on any atom is 0.163 e. The van der Waals surface area contributed by atoms with Crippen LogP contribution in [0.25, 0.3) is 5.69 Å². The van der Waals surface area contributed by atoms with Crippen molar-refractivity contribution in [1.82, 2.24) is 14.8 Å². The second-order valence-electron chi connectivity index (χ2n) is 7.19. The highest BCUT2D eigenvalue weighted by Gasteiger charge is 2.38. The number of aromatic nitrogens is 3. The molecule has 0 spiro atoms. The van der Waals surface area contributed by atoms with E-state index in [0.29, 0.717) is 25.2 Å². The number of fused-ring (bicyclic) bond motifs is 4. The van der Waals surface area contributed by atoms with Crippen LogP contribution in [0.4, 0.5) is 4.39 Å². The Morgan fingerprint density at radius 1 is 1.18 bits per heavy atom. The topological polar surface area (TPSA) is 57.0 Å². The normalized spacial score (nSPS) is 20.1. The Morgan fingerprint density at radius 2 is 2.07 bits per heavy atom. The Labute approximate surface area is 161 Å². The first-order chi connectivity index (χ1) is 13.6. The first kappa shape index (κ1) is 17.0. The number of carbonyl (C=O) groups excluding carboxylic acids is 1. The Balaban J connectivity index is 1.81. The maximum atomic E-state index is 14.1. The smallest absolute Gasteiger partial charge is 0.163 e. The van der Waals surface area contributed by atoms with Crippen molar-refractivity contribution in [3.8, 4) is 5.69 Å². The lowest BCUT2D eigenvalue weighted by Crippen LogP contribution is -2.32. The van der Waals surface area contributed by atoms with E-state index in [-0.39, 0.29) is 5.82 Å². The van der Waals surface area contributed by atoms with Crippen LogP contribution >= 0.6 is 0 Å². The molecule has 0 fully saturated rings. The second-order valence-corrected chi connectivity index (χ2v) is 7.19. The molecule has 1 aliphatic carbocycles. The van der Waals surface area contributed by atoms with E-state index in [4.69, 9.17) is 4.74 Å². The number of hydrogen-bond donors (Lipinski definition) is 0. The van der Waals surface area contributed by atoms with Gasteiger partial charge in [-0.2, -0.15) is 0 Å². The molecule has 140 valence electrons. The molecule has 0 radical (unpaired) electrons. The third-order valence-electron chi connectivity index (χ3n) is 5.63. The van der Waals surface area contributed by atoms with Gasteiger partial charge in [0.15, 0.2) is 5.82 Å². The molecule has 2 heterocycles. The Morgan fingerprint density at radius 3 is 2.93 bits per heavy atom. The fourth-order valence-electron chi connectivity index (χ4n) is 4.36. The molecule has 2 aliphatic rings. The summed E-state index contributed by atoms with van der Waals surface area (Å²) in [6.07, 6.45) is 5.43. The number of ether oxygens (including phenoxy) is 1. The monoisotopic (exact) mass is 375 g/mol. The molecule has 2 aromatic carbocycles. The highest BCUT2D eigenvalue weighted by Crippen LogP contribution is 2.41. The third kappa shape index (κ3) is 2.31. The van der Waals surface area contributed by atoms with Crippen LogP contribution in [0, 0.1) is 12.7 Å². The van der Waals surface area contributed by atoms with Gasteiger partial charge in [0.25, 0.3) is 0 Å². The van der Waals surface area contributed by atoms with Crippen molar-refractivity contribution in [2.45, 2.75) is 32.0 Å². The molecule has 0 saturated carbocycles. The van der Waals surface area contributed by atoms with Crippen LogP contribution in [-0.4, -0.2) is 21.1 Å². The van der Waals surface area contributed by atoms with Crippen molar-refractivity contribution in [2.24, 2.45) is 0 Å². The Hall–Kier alpha value is -3.12. The average molecular weight is 375 g/mol. The van der Waals surface area contributed by atoms with Crippen molar-refractivity contribution in [1.29, 1.82) is 0 Å². The summed E-state index contributed by atoms with van der Waals surface area (Å²) >= 11 is 0. The molecular formula is C22H18FN3O2. The molecule has 0 saturated heterocycles. The minimum atomic E-state index is -1.06. The lowest BCUT2D eigenvalue weighted by atomic mass is 9.69. The average Bonchev–Trinajstić information content (AvgIpc) is 2.96. The summed E-state index contributed by atoms with van der Waals surface area (Å²) < 4.78 is 21.9. The van der Waals surface area contributed by atoms with Crippen LogP contribution in [0.15, 0.2) is 48.6 Å². The highest BCUT2D eigenvalue weighted by atomic mass is 19.1. The molecule has 0 bridgehead atoms. The SMILES string of the molecule is Cc1nnc2n1-c1cccc(C3(C=O)C=CCc4ccc(F)cc43)c1COC2. The number of rotatable bonds is 2. The third-order valence-corrected chi connectivity index (χ3v) is 5.63. The van der Waals surface area contributed by atoms with E-state index in [1.54, 1.807) is 6.07 Å². The fraction of sp³-hybridized carbons (Fsp3) is 0.227. The van der Waals surface area contributed by atoms with Gasteiger partial charge in [0.05, 0.1) is 17.7 Å². The molecule has 1 unspecified atom stereocenters. The van der Waals surface area contributed by atoms with Crippen LogP contribution in [0.3, 0.4) is 0 Å². The second kappa shape index (κ2) is 6.21. The van der Waals surface area contributed by atoms with Gasteiger partial charge >= 0.3 is 0 Å². The largest absolute Gasteiger partial charge is 0.369 e. The number of halogens is 1. The standard InChI is InChI=1S/C22H18FN3O2/c1-14-24-25-21-12-28-11-17-18(5-2-6-20(17)26(14)21)22(13-27)9-3-4-15-7-8-16(23)10-19(15)22/h2-3,5-10,13H,4,11-12H2,1H3. The maximum absolute atomic E-state index is 14.1. The molecule has 1 atom stereocenters. The lowest BCUT2D eigenvalue weighted by Gasteiger charge is -2.33. The summed E-state index contributed by atoms with van der Waals surface area (Å²) in [4.78, 5) is 12.5. The van der Waals surface area contributed by atoms with Gasteiger partial charge in [0.2, 0.25) is 0 Å². The van der Waals surface area contributed by atoms with Crippen molar-refractivity contribution in [3.63, 3.8) is 0 Å². The van der Waals surface area contributed by atoms with E-state index >= 15 is 0 Å². The molecule has 1 aromatic heterocycles. The highest BCUT2D eigenvalue weighted by molar-refractivity contribution is 5.82. The van der Waals surface area contributed by atoms with E-state index in [2.05, 4.69) is 10.2 Å². The molecule has 5 rings (SSSR count).